The van der Waals surface area contributed by atoms with E-state index in [1.807, 2.05) is 6.08 Å². The average Bonchev–Trinajstić information content (AvgIpc) is 2.95. The number of allylic oxidation sites excluding steroid dienone is 2. The van der Waals surface area contributed by atoms with Gasteiger partial charge in [0.1, 0.15) is 0 Å². The van der Waals surface area contributed by atoms with E-state index in [2.05, 4.69) is 52.0 Å². The van der Waals surface area contributed by atoms with Crippen molar-refractivity contribution < 1.29 is 4.79 Å². The highest BCUT2D eigenvalue weighted by molar-refractivity contribution is 6.00. The second-order valence-electron chi connectivity index (χ2n) is 13.3. The highest BCUT2D eigenvalue weighted by Gasteiger charge is 2.34. The zero-order valence-corrected chi connectivity index (χ0v) is 24.7. The van der Waals surface area contributed by atoms with Crippen LogP contribution in [0.25, 0.3) is 5.57 Å². The molecule has 4 rings (SSSR count). The third kappa shape index (κ3) is 7.60. The van der Waals surface area contributed by atoms with Crippen LogP contribution in [-0.2, 0) is 4.79 Å². The molecule has 0 radical (unpaired) electrons. The van der Waals surface area contributed by atoms with Crippen molar-refractivity contribution in [1.29, 1.82) is 0 Å². The molecule has 0 N–H and O–H groups in total. The Balaban J connectivity index is 1.28. The molecule has 0 bridgehead atoms. The highest BCUT2D eigenvalue weighted by Crippen LogP contribution is 2.43. The van der Waals surface area contributed by atoms with Crippen molar-refractivity contribution in [2.75, 3.05) is 0 Å². The lowest BCUT2D eigenvalue weighted by molar-refractivity contribution is -0.121. The summed E-state index contributed by atoms with van der Waals surface area (Å²) in [5.74, 6) is 5.35. The summed E-state index contributed by atoms with van der Waals surface area (Å²) in [6.45, 7) is 9.44. The molecular formula is C36H56O. The molecule has 1 aromatic rings. The lowest BCUT2D eigenvalue weighted by atomic mass is 9.68. The fourth-order valence-corrected chi connectivity index (χ4v) is 8.12. The van der Waals surface area contributed by atoms with Crippen LogP contribution in [0.15, 0.2) is 30.3 Å². The van der Waals surface area contributed by atoms with Crippen LogP contribution in [0.2, 0.25) is 0 Å². The lowest BCUT2D eigenvalue weighted by Gasteiger charge is -2.36. The number of ketones is 1. The molecule has 206 valence electrons. The van der Waals surface area contributed by atoms with Crippen LogP contribution in [0.5, 0.6) is 0 Å². The Morgan fingerprint density at radius 1 is 0.730 bits per heavy atom. The molecule has 1 heteroatoms. The first-order valence-electron chi connectivity index (χ1n) is 16.3. The number of unbranched alkanes of at least 4 members (excludes halogenated alkanes) is 2. The van der Waals surface area contributed by atoms with Crippen molar-refractivity contribution in [3.63, 3.8) is 0 Å². The molecule has 2 saturated carbocycles. The van der Waals surface area contributed by atoms with Crippen LogP contribution in [0.1, 0.15) is 147 Å². The van der Waals surface area contributed by atoms with Crippen molar-refractivity contribution in [1.82, 2.24) is 0 Å². The van der Waals surface area contributed by atoms with Crippen molar-refractivity contribution in [2.45, 2.75) is 136 Å². The summed E-state index contributed by atoms with van der Waals surface area (Å²) in [7, 11) is 0. The number of carbonyl (C=O) groups excluding carboxylic acids is 1. The van der Waals surface area contributed by atoms with Crippen LogP contribution < -0.4 is 0 Å². The van der Waals surface area contributed by atoms with E-state index in [-0.39, 0.29) is 5.92 Å². The van der Waals surface area contributed by atoms with Crippen molar-refractivity contribution >= 4 is 11.4 Å². The second-order valence-corrected chi connectivity index (χ2v) is 13.3. The minimum Gasteiger partial charge on any atom is -0.295 e. The van der Waals surface area contributed by atoms with Gasteiger partial charge in [-0.15, -0.1) is 0 Å². The summed E-state index contributed by atoms with van der Waals surface area (Å²) < 4.78 is 0. The normalized spacial score (nSPS) is 30.5. The number of carbonyl (C=O) groups is 1. The van der Waals surface area contributed by atoms with Gasteiger partial charge >= 0.3 is 0 Å². The van der Waals surface area contributed by atoms with Gasteiger partial charge in [-0.3, -0.25) is 4.79 Å². The first kappa shape index (κ1) is 28.6. The Bertz CT molecular complexity index is 847. The first-order chi connectivity index (χ1) is 18.0. The predicted molar refractivity (Wildman–Crippen MR) is 160 cm³/mol. The molecule has 0 spiro atoms. The average molecular weight is 505 g/mol. The maximum Gasteiger partial charge on any atom is 0.159 e. The smallest absolute Gasteiger partial charge is 0.159 e. The van der Waals surface area contributed by atoms with E-state index in [4.69, 9.17) is 0 Å². The minimum absolute atomic E-state index is 0.243. The first-order valence-corrected chi connectivity index (χ1v) is 16.3. The number of benzene rings is 1. The fraction of sp³-hybridized carbons (Fsp3) is 0.750. The molecular weight excluding hydrogens is 448 g/mol. The Morgan fingerprint density at radius 2 is 1.27 bits per heavy atom. The van der Waals surface area contributed by atoms with Gasteiger partial charge in [0, 0.05) is 5.92 Å². The Labute approximate surface area is 229 Å². The largest absolute Gasteiger partial charge is 0.295 e. The van der Waals surface area contributed by atoms with Gasteiger partial charge in [-0.2, -0.15) is 0 Å². The van der Waals surface area contributed by atoms with Gasteiger partial charge in [0.05, 0.1) is 0 Å². The molecule has 3 atom stereocenters. The lowest BCUT2D eigenvalue weighted by Crippen LogP contribution is -2.31. The van der Waals surface area contributed by atoms with Crippen molar-refractivity contribution in [3.8, 4) is 0 Å². The molecule has 1 aromatic carbocycles. The van der Waals surface area contributed by atoms with Gasteiger partial charge in [0.2, 0.25) is 0 Å². The van der Waals surface area contributed by atoms with E-state index in [1.165, 1.54) is 107 Å². The summed E-state index contributed by atoms with van der Waals surface area (Å²) in [5.41, 5.74) is 4.03. The van der Waals surface area contributed by atoms with E-state index in [9.17, 15) is 4.79 Å². The van der Waals surface area contributed by atoms with Crippen LogP contribution in [0.4, 0.5) is 0 Å². The van der Waals surface area contributed by atoms with Crippen LogP contribution >= 0.6 is 0 Å². The summed E-state index contributed by atoms with van der Waals surface area (Å²) >= 11 is 0. The van der Waals surface area contributed by atoms with Gasteiger partial charge in [0.25, 0.3) is 0 Å². The zero-order chi connectivity index (χ0) is 26.2. The SMILES string of the molecule is CCCC[C@H]1CC[C@H](C(C)c2ccc(C3=CC(=O)C(C(C)[C@H]4CC[C@H](CCCC)CC4)CC3)cc2)CC1. The fourth-order valence-electron chi connectivity index (χ4n) is 8.12. The molecule has 0 heterocycles. The van der Waals surface area contributed by atoms with Gasteiger partial charge in [-0.05, 0) is 96.8 Å². The summed E-state index contributed by atoms with van der Waals surface area (Å²) in [6.07, 6.45) is 23.6. The monoisotopic (exact) mass is 504 g/mol. The highest BCUT2D eigenvalue weighted by atomic mass is 16.1. The quantitative estimate of drug-likeness (QED) is 0.293. The third-order valence-electron chi connectivity index (χ3n) is 11.0. The molecule has 0 aliphatic heterocycles. The minimum atomic E-state index is 0.243. The van der Waals surface area contributed by atoms with Crippen LogP contribution in [-0.4, -0.2) is 5.78 Å². The van der Waals surface area contributed by atoms with Gasteiger partial charge in [0.15, 0.2) is 5.78 Å². The topological polar surface area (TPSA) is 17.1 Å². The van der Waals surface area contributed by atoms with Crippen LogP contribution in [0, 0.1) is 35.5 Å². The molecule has 37 heavy (non-hydrogen) atoms. The molecule has 2 fully saturated rings. The number of rotatable bonds is 11. The van der Waals surface area contributed by atoms with Crippen molar-refractivity contribution in [2.24, 2.45) is 35.5 Å². The number of hydrogen-bond acceptors (Lipinski definition) is 1. The maximum atomic E-state index is 13.3. The van der Waals surface area contributed by atoms with Gasteiger partial charge in [-0.25, -0.2) is 0 Å². The Kier molecular flexibility index (Phi) is 10.9. The molecule has 0 amide bonds. The maximum absolute atomic E-state index is 13.3. The number of hydrogen-bond donors (Lipinski definition) is 0. The molecule has 0 aromatic heterocycles. The predicted octanol–water partition coefficient (Wildman–Crippen LogP) is 10.8. The zero-order valence-electron chi connectivity index (χ0n) is 24.7. The van der Waals surface area contributed by atoms with E-state index in [0.717, 1.165) is 36.5 Å². The third-order valence-corrected chi connectivity index (χ3v) is 11.0. The standard InChI is InChI=1S/C36H56O/c1-5-7-9-28-11-15-30(16-12-28)26(3)31-19-21-33(22-20-31)34-23-24-35(36(37)25-34)27(4)32-17-13-29(14-18-32)10-8-6-2/h19-22,25-30,32,35H,5-18,23-24H2,1-4H3/t26?,27?,28-,29-,30-,32-,35?. The van der Waals surface area contributed by atoms with Crippen LogP contribution in [0.3, 0.4) is 0 Å². The molecule has 3 aliphatic rings. The molecule has 0 saturated heterocycles. The Morgan fingerprint density at radius 3 is 1.78 bits per heavy atom. The molecule has 1 nitrogen and oxygen atoms in total. The summed E-state index contributed by atoms with van der Waals surface area (Å²) in [4.78, 5) is 13.3. The molecule has 3 aliphatic carbocycles. The van der Waals surface area contributed by atoms with Gasteiger partial charge < -0.3 is 0 Å². The van der Waals surface area contributed by atoms with Gasteiger partial charge in [-0.1, -0.05) is 116 Å². The van der Waals surface area contributed by atoms with E-state index < -0.39 is 0 Å². The second kappa shape index (κ2) is 14.1. The van der Waals surface area contributed by atoms with E-state index in [1.54, 1.807) is 0 Å². The van der Waals surface area contributed by atoms with E-state index in [0.29, 0.717) is 17.6 Å². The summed E-state index contributed by atoms with van der Waals surface area (Å²) in [5, 5.41) is 0. The Hall–Kier alpha value is -1.37. The van der Waals surface area contributed by atoms with E-state index >= 15 is 0 Å². The van der Waals surface area contributed by atoms with Crippen molar-refractivity contribution in [3.05, 3.63) is 41.5 Å². The summed E-state index contributed by atoms with van der Waals surface area (Å²) in [6, 6.07) is 9.33. The molecule has 3 unspecified atom stereocenters.